The lowest BCUT2D eigenvalue weighted by Gasteiger charge is -2.10. The van der Waals surface area contributed by atoms with Crippen LogP contribution in [0.4, 0.5) is 8.78 Å². The predicted molar refractivity (Wildman–Crippen MR) is 85.5 cm³/mol. The fourth-order valence-corrected chi connectivity index (χ4v) is 1.97. The summed E-state index contributed by atoms with van der Waals surface area (Å²) >= 11 is 0. The van der Waals surface area contributed by atoms with Crippen LogP contribution in [0.3, 0.4) is 0 Å². The fourth-order valence-electron chi connectivity index (χ4n) is 1.97. The van der Waals surface area contributed by atoms with E-state index in [2.05, 4.69) is 5.92 Å². The SMILES string of the molecule is C#Cc1c(F)cc(F)c2cc(O)cc(CC)c12.CC.CC. The van der Waals surface area contributed by atoms with Crippen molar-refractivity contribution in [2.75, 3.05) is 0 Å². The van der Waals surface area contributed by atoms with Crippen LogP contribution in [0.1, 0.15) is 45.7 Å². The Hall–Kier alpha value is -2.08. The number of phenolic OH excluding ortho intramolecular Hbond substituents is 1. The van der Waals surface area contributed by atoms with Gasteiger partial charge in [-0.25, -0.2) is 8.78 Å². The van der Waals surface area contributed by atoms with Gasteiger partial charge in [0.2, 0.25) is 0 Å². The number of halogens is 2. The van der Waals surface area contributed by atoms with Crippen LogP contribution in [0.5, 0.6) is 5.75 Å². The Labute approximate surface area is 125 Å². The molecule has 0 heterocycles. The normalized spacial score (nSPS) is 9.05. The first-order valence-corrected chi connectivity index (χ1v) is 7.18. The third-order valence-corrected chi connectivity index (χ3v) is 2.73. The van der Waals surface area contributed by atoms with Gasteiger partial charge < -0.3 is 5.11 Å². The highest BCUT2D eigenvalue weighted by atomic mass is 19.1. The van der Waals surface area contributed by atoms with E-state index in [1.165, 1.54) is 12.1 Å². The molecule has 0 unspecified atom stereocenters. The summed E-state index contributed by atoms with van der Waals surface area (Å²) < 4.78 is 27.2. The van der Waals surface area contributed by atoms with Gasteiger partial charge in [-0.3, -0.25) is 0 Å². The van der Waals surface area contributed by atoms with Gasteiger partial charge in [0.15, 0.2) is 0 Å². The molecular weight excluding hydrogens is 270 g/mol. The van der Waals surface area contributed by atoms with E-state index < -0.39 is 11.6 Å². The highest BCUT2D eigenvalue weighted by Gasteiger charge is 2.14. The van der Waals surface area contributed by atoms with Crippen LogP contribution in [-0.2, 0) is 6.42 Å². The van der Waals surface area contributed by atoms with Gasteiger partial charge in [0.25, 0.3) is 0 Å². The molecule has 1 nitrogen and oxygen atoms in total. The molecule has 0 spiro atoms. The number of phenols is 1. The summed E-state index contributed by atoms with van der Waals surface area (Å²) in [5.74, 6) is 0.711. The van der Waals surface area contributed by atoms with Gasteiger partial charge in [-0.05, 0) is 24.1 Å². The van der Waals surface area contributed by atoms with Gasteiger partial charge in [-0.1, -0.05) is 40.5 Å². The van der Waals surface area contributed by atoms with E-state index in [4.69, 9.17) is 6.42 Å². The van der Waals surface area contributed by atoms with Crippen molar-refractivity contribution in [1.82, 2.24) is 0 Å². The summed E-state index contributed by atoms with van der Waals surface area (Å²) in [7, 11) is 0. The molecule has 0 aliphatic heterocycles. The summed E-state index contributed by atoms with van der Waals surface area (Å²) in [6.07, 6.45) is 5.78. The first-order chi connectivity index (χ1) is 10.1. The van der Waals surface area contributed by atoms with E-state index >= 15 is 0 Å². The first-order valence-electron chi connectivity index (χ1n) is 7.18. The highest BCUT2D eigenvalue weighted by Crippen LogP contribution is 2.31. The summed E-state index contributed by atoms with van der Waals surface area (Å²) in [6, 6.07) is 3.47. The van der Waals surface area contributed by atoms with Crippen LogP contribution in [0.15, 0.2) is 18.2 Å². The molecule has 2 rings (SSSR count). The Kier molecular flexibility index (Phi) is 8.08. The standard InChI is InChI=1S/C14H10F2O.2C2H6/c1-3-8-5-9(17)6-11-13(16)7-12(15)10(4-2)14(8)11;2*1-2/h2,5-7,17H,3H2,1H3;2*1-2H3. The number of aryl methyl sites for hydroxylation is 1. The number of terminal acetylenes is 1. The van der Waals surface area contributed by atoms with Crippen molar-refractivity contribution in [3.63, 3.8) is 0 Å². The first kappa shape index (κ1) is 18.9. The number of fused-ring (bicyclic) bond motifs is 1. The Morgan fingerprint density at radius 1 is 1.05 bits per heavy atom. The Bertz CT molecular complexity index is 640. The lowest BCUT2D eigenvalue weighted by molar-refractivity contribution is 0.475. The number of rotatable bonds is 1. The molecule has 0 atom stereocenters. The largest absolute Gasteiger partial charge is 0.508 e. The zero-order valence-corrected chi connectivity index (χ0v) is 13.2. The van der Waals surface area contributed by atoms with Crippen LogP contribution in [0.2, 0.25) is 0 Å². The van der Waals surface area contributed by atoms with Crippen molar-refractivity contribution in [2.45, 2.75) is 41.0 Å². The van der Waals surface area contributed by atoms with Gasteiger partial charge in [-0.15, -0.1) is 6.42 Å². The molecule has 0 aromatic heterocycles. The van der Waals surface area contributed by atoms with Gasteiger partial charge >= 0.3 is 0 Å². The predicted octanol–water partition coefficient (Wildman–Crippen LogP) is 5.42. The molecule has 2 aromatic rings. The minimum atomic E-state index is -0.752. The molecule has 0 saturated heterocycles. The summed E-state index contributed by atoms with van der Waals surface area (Å²) in [6.45, 7) is 9.83. The van der Waals surface area contributed by atoms with E-state index in [-0.39, 0.29) is 16.7 Å². The van der Waals surface area contributed by atoms with Crippen molar-refractivity contribution in [3.8, 4) is 18.1 Å². The van der Waals surface area contributed by atoms with Crippen LogP contribution in [-0.4, -0.2) is 5.11 Å². The number of aromatic hydroxyl groups is 1. The number of hydrogen-bond acceptors (Lipinski definition) is 1. The molecule has 0 aliphatic rings. The third-order valence-electron chi connectivity index (χ3n) is 2.73. The number of benzene rings is 2. The van der Waals surface area contributed by atoms with Crippen molar-refractivity contribution < 1.29 is 13.9 Å². The van der Waals surface area contributed by atoms with Crippen LogP contribution < -0.4 is 0 Å². The molecule has 0 aliphatic carbocycles. The summed E-state index contributed by atoms with van der Waals surface area (Å²) in [5, 5.41) is 10.0. The minimum Gasteiger partial charge on any atom is -0.508 e. The molecule has 0 fully saturated rings. The molecule has 2 aromatic carbocycles. The maximum atomic E-state index is 13.6. The van der Waals surface area contributed by atoms with Crippen LogP contribution in [0.25, 0.3) is 10.8 Å². The topological polar surface area (TPSA) is 20.2 Å². The van der Waals surface area contributed by atoms with Crippen LogP contribution >= 0.6 is 0 Å². The van der Waals surface area contributed by atoms with Crippen molar-refractivity contribution in [3.05, 3.63) is 41.0 Å². The molecular formula is C18H22F2O. The average Bonchev–Trinajstić information content (AvgIpc) is 2.51. The average molecular weight is 292 g/mol. The second kappa shape index (κ2) is 8.97. The van der Waals surface area contributed by atoms with Crippen molar-refractivity contribution in [2.24, 2.45) is 0 Å². The smallest absolute Gasteiger partial charge is 0.142 e. The quantitative estimate of drug-likeness (QED) is 0.696. The Morgan fingerprint density at radius 2 is 1.62 bits per heavy atom. The summed E-state index contributed by atoms with van der Waals surface area (Å²) in [5.41, 5.74) is 0.671. The van der Waals surface area contributed by atoms with E-state index in [0.29, 0.717) is 17.4 Å². The second-order valence-corrected chi connectivity index (χ2v) is 3.74. The monoisotopic (exact) mass is 292 g/mol. The van der Waals surface area contributed by atoms with E-state index in [9.17, 15) is 13.9 Å². The van der Waals surface area contributed by atoms with E-state index in [1.807, 2.05) is 34.6 Å². The zero-order valence-electron chi connectivity index (χ0n) is 13.2. The Morgan fingerprint density at radius 3 is 2.10 bits per heavy atom. The molecule has 114 valence electrons. The molecule has 0 amide bonds. The Balaban J connectivity index is 0.000000921. The maximum Gasteiger partial charge on any atom is 0.142 e. The third kappa shape index (κ3) is 3.95. The molecule has 0 saturated carbocycles. The minimum absolute atomic E-state index is 0.0400. The van der Waals surface area contributed by atoms with E-state index in [1.54, 1.807) is 0 Å². The lowest BCUT2D eigenvalue weighted by atomic mass is 9.96. The van der Waals surface area contributed by atoms with Crippen LogP contribution in [0, 0.1) is 24.0 Å². The van der Waals surface area contributed by atoms with Crippen molar-refractivity contribution >= 4 is 10.8 Å². The van der Waals surface area contributed by atoms with E-state index in [0.717, 1.165) is 6.07 Å². The molecule has 0 radical (unpaired) electrons. The van der Waals surface area contributed by atoms with Gasteiger partial charge in [-0.2, -0.15) is 0 Å². The van der Waals surface area contributed by atoms with Gasteiger partial charge in [0.05, 0.1) is 5.56 Å². The summed E-state index contributed by atoms with van der Waals surface area (Å²) in [4.78, 5) is 0. The van der Waals surface area contributed by atoms with Gasteiger partial charge in [0, 0.05) is 16.8 Å². The highest BCUT2D eigenvalue weighted by molar-refractivity contribution is 5.93. The second-order valence-electron chi connectivity index (χ2n) is 3.74. The molecule has 21 heavy (non-hydrogen) atoms. The van der Waals surface area contributed by atoms with Crippen molar-refractivity contribution in [1.29, 1.82) is 0 Å². The fraction of sp³-hybridized carbons (Fsp3) is 0.333. The lowest BCUT2D eigenvalue weighted by Crippen LogP contribution is -1.95. The molecule has 3 heteroatoms. The maximum absolute atomic E-state index is 13.6. The molecule has 1 N–H and O–H groups in total. The van der Waals surface area contributed by atoms with Gasteiger partial charge in [0.1, 0.15) is 17.4 Å². The zero-order chi connectivity index (χ0) is 16.6. The molecule has 0 bridgehead atoms. The number of hydrogen-bond donors (Lipinski definition) is 1.